The zero-order valence-electron chi connectivity index (χ0n) is 18.5. The van der Waals surface area contributed by atoms with Crippen LogP contribution in [0.1, 0.15) is 32.3 Å². The smallest absolute Gasteiger partial charge is 0.434 e. The number of fused-ring (bicyclic) bond motifs is 1. The van der Waals surface area contributed by atoms with Gasteiger partial charge in [-0.1, -0.05) is 0 Å². The van der Waals surface area contributed by atoms with Crippen molar-refractivity contribution in [3.8, 4) is 11.6 Å². The normalized spacial score (nSPS) is 11.4. The molecule has 2 amide bonds. The first-order valence-corrected chi connectivity index (χ1v) is 9.97. The number of carbonyl (C=O) groups is 2. The first-order valence-electron chi connectivity index (χ1n) is 9.97. The van der Waals surface area contributed by atoms with Crippen LogP contribution in [0, 0.1) is 6.92 Å². The van der Waals surface area contributed by atoms with Crippen molar-refractivity contribution in [2.75, 3.05) is 19.4 Å². The summed E-state index contributed by atoms with van der Waals surface area (Å²) in [6.45, 7) is 1.71. The van der Waals surface area contributed by atoms with Gasteiger partial charge in [0.25, 0.3) is 11.8 Å². The van der Waals surface area contributed by atoms with Crippen molar-refractivity contribution >= 4 is 28.6 Å². The maximum Gasteiger partial charge on any atom is 0.434 e. The maximum absolute atomic E-state index is 12.8. The number of nitrogens with zero attached hydrogens (tertiary/aromatic N) is 5. The van der Waals surface area contributed by atoms with Gasteiger partial charge in [0.1, 0.15) is 22.8 Å². The molecule has 0 bridgehead atoms. The van der Waals surface area contributed by atoms with Crippen LogP contribution in [0.2, 0.25) is 0 Å². The van der Waals surface area contributed by atoms with Crippen molar-refractivity contribution in [2.45, 2.75) is 13.1 Å². The summed E-state index contributed by atoms with van der Waals surface area (Å²) < 4.78 is 49.4. The number of halogens is 3. The average molecular weight is 486 g/mol. The monoisotopic (exact) mass is 486 g/mol. The van der Waals surface area contributed by atoms with Crippen LogP contribution in [0.15, 0.2) is 47.4 Å². The van der Waals surface area contributed by atoms with Crippen LogP contribution < -0.4 is 10.1 Å². The van der Waals surface area contributed by atoms with Gasteiger partial charge in [-0.25, -0.2) is 19.9 Å². The van der Waals surface area contributed by atoms with E-state index in [0.717, 1.165) is 6.20 Å². The molecule has 0 fully saturated rings. The van der Waals surface area contributed by atoms with Crippen molar-refractivity contribution < 1.29 is 31.9 Å². The van der Waals surface area contributed by atoms with Crippen LogP contribution in [0.25, 0.3) is 11.0 Å². The molecule has 1 aromatic carbocycles. The number of rotatable bonds is 5. The number of hydrogen-bond acceptors (Lipinski definition) is 8. The second-order valence-corrected chi connectivity index (χ2v) is 7.52. The Labute approximate surface area is 195 Å². The predicted molar refractivity (Wildman–Crippen MR) is 116 cm³/mol. The Morgan fingerprint density at radius 2 is 1.77 bits per heavy atom. The number of alkyl halides is 3. The molecule has 3 heterocycles. The van der Waals surface area contributed by atoms with E-state index in [1.807, 2.05) is 0 Å². The minimum Gasteiger partial charge on any atom is -0.461 e. The summed E-state index contributed by atoms with van der Waals surface area (Å²) in [5.41, 5.74) is -0.651. The molecule has 180 valence electrons. The van der Waals surface area contributed by atoms with Crippen molar-refractivity contribution in [3.63, 3.8) is 0 Å². The molecule has 0 atom stereocenters. The molecule has 0 aliphatic heterocycles. The van der Waals surface area contributed by atoms with Crippen LogP contribution in [0.5, 0.6) is 11.6 Å². The van der Waals surface area contributed by atoms with Crippen molar-refractivity contribution in [3.05, 3.63) is 65.7 Å². The molecule has 0 aliphatic rings. The summed E-state index contributed by atoms with van der Waals surface area (Å²) in [6, 6.07) is 4.56. The Morgan fingerprint density at radius 3 is 2.37 bits per heavy atom. The molecule has 10 nitrogen and oxygen atoms in total. The fourth-order valence-electron chi connectivity index (χ4n) is 3.00. The van der Waals surface area contributed by atoms with E-state index in [0.29, 0.717) is 22.9 Å². The Kier molecular flexibility index (Phi) is 6.07. The van der Waals surface area contributed by atoms with Gasteiger partial charge in [0.05, 0.1) is 30.2 Å². The second kappa shape index (κ2) is 9.00. The number of carbonyl (C=O) groups excluding carboxylic acids is 2. The summed E-state index contributed by atoms with van der Waals surface area (Å²) >= 11 is 0. The van der Waals surface area contributed by atoms with Crippen LogP contribution in [0.3, 0.4) is 0 Å². The van der Waals surface area contributed by atoms with E-state index in [4.69, 9.17) is 9.15 Å². The Morgan fingerprint density at radius 1 is 1.00 bits per heavy atom. The van der Waals surface area contributed by atoms with E-state index in [1.54, 1.807) is 27.1 Å². The zero-order chi connectivity index (χ0) is 25.3. The van der Waals surface area contributed by atoms with E-state index < -0.39 is 17.8 Å². The van der Waals surface area contributed by atoms with Crippen molar-refractivity contribution in [2.24, 2.45) is 0 Å². The molecule has 35 heavy (non-hydrogen) atoms. The lowest BCUT2D eigenvalue weighted by Crippen LogP contribution is -2.22. The fourth-order valence-corrected chi connectivity index (χ4v) is 3.00. The fraction of sp³-hybridized carbons (Fsp3) is 0.182. The lowest BCUT2D eigenvalue weighted by molar-refractivity contribution is -0.141. The molecule has 4 rings (SSSR count). The van der Waals surface area contributed by atoms with Crippen molar-refractivity contribution in [1.29, 1.82) is 0 Å². The predicted octanol–water partition coefficient (Wildman–Crippen LogP) is 4.09. The molecule has 1 N–H and O–H groups in total. The van der Waals surface area contributed by atoms with Crippen LogP contribution in [-0.2, 0) is 6.18 Å². The minimum absolute atomic E-state index is 0.0617. The second-order valence-electron chi connectivity index (χ2n) is 7.52. The van der Waals surface area contributed by atoms with Gasteiger partial charge in [-0.2, -0.15) is 13.2 Å². The first kappa shape index (κ1) is 23.6. The zero-order valence-corrected chi connectivity index (χ0v) is 18.5. The van der Waals surface area contributed by atoms with Gasteiger partial charge in [-0.05, 0) is 25.1 Å². The number of anilines is 1. The molecular weight excluding hydrogens is 469 g/mol. The van der Waals surface area contributed by atoms with Crippen LogP contribution >= 0.6 is 0 Å². The molecule has 0 saturated heterocycles. The first-order chi connectivity index (χ1) is 16.5. The van der Waals surface area contributed by atoms with Gasteiger partial charge < -0.3 is 19.4 Å². The number of hydrogen-bond donors (Lipinski definition) is 1. The number of aryl methyl sites for hydroxylation is 1. The van der Waals surface area contributed by atoms with Crippen LogP contribution in [-0.4, -0.2) is 50.7 Å². The lowest BCUT2D eigenvalue weighted by atomic mass is 10.1. The van der Waals surface area contributed by atoms with Gasteiger partial charge in [0, 0.05) is 19.7 Å². The Bertz CT molecular complexity index is 1400. The lowest BCUT2D eigenvalue weighted by Gasteiger charge is -2.11. The molecule has 0 saturated carbocycles. The number of aromatic nitrogens is 4. The molecular formula is C22H17F3N6O4. The number of ether oxygens (including phenoxy) is 1. The number of furan rings is 1. The third-order valence-corrected chi connectivity index (χ3v) is 4.64. The van der Waals surface area contributed by atoms with Crippen molar-refractivity contribution in [1.82, 2.24) is 24.8 Å². The quantitative estimate of drug-likeness (QED) is 0.448. The number of benzene rings is 1. The largest absolute Gasteiger partial charge is 0.461 e. The summed E-state index contributed by atoms with van der Waals surface area (Å²) in [6.07, 6.45) is -0.799. The summed E-state index contributed by atoms with van der Waals surface area (Å²) in [5.74, 6) is -0.363. The van der Waals surface area contributed by atoms with Gasteiger partial charge in [0.2, 0.25) is 5.88 Å². The third kappa shape index (κ3) is 5.18. The number of nitrogens with one attached hydrogen (secondary N) is 1. The molecule has 0 spiro atoms. The van der Waals surface area contributed by atoms with E-state index in [1.165, 1.54) is 29.4 Å². The topological polar surface area (TPSA) is 123 Å². The highest BCUT2D eigenvalue weighted by molar-refractivity contribution is 6.06. The highest BCUT2D eigenvalue weighted by atomic mass is 19.4. The minimum atomic E-state index is -4.65. The highest BCUT2D eigenvalue weighted by Crippen LogP contribution is 2.33. The van der Waals surface area contributed by atoms with E-state index in [9.17, 15) is 22.8 Å². The van der Waals surface area contributed by atoms with Gasteiger partial charge >= 0.3 is 6.18 Å². The van der Waals surface area contributed by atoms with Gasteiger partial charge in [-0.15, -0.1) is 0 Å². The molecule has 0 aliphatic carbocycles. The Hall–Kier alpha value is -4.55. The summed E-state index contributed by atoms with van der Waals surface area (Å²) in [4.78, 5) is 41.1. The third-order valence-electron chi connectivity index (χ3n) is 4.64. The number of amides is 2. The molecule has 0 radical (unpaired) electrons. The molecule has 3 aromatic heterocycles. The summed E-state index contributed by atoms with van der Waals surface area (Å²) in [7, 11) is 3.17. The van der Waals surface area contributed by atoms with Gasteiger partial charge in [0.15, 0.2) is 11.5 Å². The highest BCUT2D eigenvalue weighted by Gasteiger charge is 2.32. The molecule has 4 aromatic rings. The molecule has 13 heteroatoms. The summed E-state index contributed by atoms with van der Waals surface area (Å²) in [5, 5.41) is 2.93. The SMILES string of the molecule is Cc1cc2c(Oc3cnc(C(=O)N(C)C)cn3)cc(C(=O)Nc3cnc(C(F)(F)F)cn3)cc2o1. The maximum atomic E-state index is 12.8. The van der Waals surface area contributed by atoms with Gasteiger partial charge in [-0.3, -0.25) is 9.59 Å². The standard InChI is InChI=1S/C22H17F3N6O4/c1-11-4-13-15(34-11)5-12(20(32)30-18-9-27-17(8-28-18)22(23,24)25)6-16(13)35-19-10-26-14(7-29-19)21(33)31(2)3/h4-10H,1-3H3,(H,28,30,32). The van der Waals surface area contributed by atoms with E-state index in [-0.39, 0.29) is 34.6 Å². The Balaban J connectivity index is 1.61. The van der Waals surface area contributed by atoms with E-state index >= 15 is 0 Å². The van der Waals surface area contributed by atoms with Crippen LogP contribution in [0.4, 0.5) is 19.0 Å². The van der Waals surface area contributed by atoms with E-state index in [2.05, 4.69) is 25.3 Å². The molecule has 0 unspecified atom stereocenters. The average Bonchev–Trinajstić information content (AvgIpc) is 3.19.